The van der Waals surface area contributed by atoms with E-state index in [9.17, 15) is 14.4 Å². The van der Waals surface area contributed by atoms with Gasteiger partial charge < -0.3 is 14.2 Å². The van der Waals surface area contributed by atoms with E-state index in [0.717, 1.165) is 96.3 Å². The minimum absolute atomic E-state index is 0.0822. The van der Waals surface area contributed by atoms with Gasteiger partial charge in [0.25, 0.3) is 0 Å². The minimum Gasteiger partial charge on any atom is -0.462 e. The normalized spacial score (nSPS) is 12.5. The molecule has 0 bridgehead atoms. The van der Waals surface area contributed by atoms with Crippen molar-refractivity contribution in [2.24, 2.45) is 0 Å². The third-order valence-corrected chi connectivity index (χ3v) is 10.5. The molecule has 0 aromatic carbocycles. The number of carbonyl (C=O) groups is 3. The van der Waals surface area contributed by atoms with Gasteiger partial charge in [0, 0.05) is 19.3 Å². The summed E-state index contributed by atoms with van der Waals surface area (Å²) < 4.78 is 16.7. The monoisotopic (exact) mass is 825 g/mol. The molecule has 0 spiro atoms. The van der Waals surface area contributed by atoms with Gasteiger partial charge in [0.15, 0.2) is 6.10 Å². The average molecular weight is 825 g/mol. The minimum atomic E-state index is -0.782. The number of unbranched alkanes of at least 4 members (excludes halogenated alkanes) is 23. The topological polar surface area (TPSA) is 78.9 Å². The second-order valence-corrected chi connectivity index (χ2v) is 16.4. The summed E-state index contributed by atoms with van der Waals surface area (Å²) >= 11 is 0. The van der Waals surface area contributed by atoms with E-state index in [1.54, 1.807) is 0 Å². The fraction of sp³-hybridized carbons (Fsp3) is 0.755. The summed E-state index contributed by atoms with van der Waals surface area (Å²) in [5, 5.41) is 0. The van der Waals surface area contributed by atoms with Crippen LogP contribution in [0.1, 0.15) is 239 Å². The largest absolute Gasteiger partial charge is 0.462 e. The highest BCUT2D eigenvalue weighted by Crippen LogP contribution is 2.15. The quantitative estimate of drug-likeness (QED) is 0.0263. The lowest BCUT2D eigenvalue weighted by Gasteiger charge is -2.18. The zero-order valence-corrected chi connectivity index (χ0v) is 38.8. The third kappa shape index (κ3) is 46.0. The fourth-order valence-corrected chi connectivity index (χ4v) is 6.82. The molecule has 0 N–H and O–H groups in total. The van der Waals surface area contributed by atoms with Gasteiger partial charge in [0.1, 0.15) is 13.2 Å². The molecule has 0 aromatic heterocycles. The summed E-state index contributed by atoms with van der Waals surface area (Å²) in [7, 11) is 0. The summed E-state index contributed by atoms with van der Waals surface area (Å²) in [6, 6.07) is 0. The van der Waals surface area contributed by atoms with Crippen LogP contribution in [0.25, 0.3) is 0 Å². The van der Waals surface area contributed by atoms with Crippen molar-refractivity contribution < 1.29 is 28.6 Å². The van der Waals surface area contributed by atoms with Crippen molar-refractivity contribution >= 4 is 17.9 Å². The van der Waals surface area contributed by atoms with Crippen LogP contribution in [0.15, 0.2) is 60.8 Å². The highest BCUT2D eigenvalue weighted by molar-refractivity contribution is 5.71. The average Bonchev–Trinajstić information content (AvgIpc) is 3.23. The lowest BCUT2D eigenvalue weighted by Crippen LogP contribution is -2.30. The molecule has 6 heteroatoms. The molecule has 1 atom stereocenters. The number of ether oxygens (including phenoxy) is 3. The number of carbonyl (C=O) groups excluding carboxylic acids is 3. The predicted octanol–water partition coefficient (Wildman–Crippen LogP) is 16.1. The summed E-state index contributed by atoms with van der Waals surface area (Å²) in [4.78, 5) is 37.8. The molecule has 0 saturated carbocycles. The van der Waals surface area contributed by atoms with Crippen LogP contribution in [0, 0.1) is 0 Å². The Kier molecular flexibility index (Phi) is 45.4. The molecular weight excluding hydrogens is 733 g/mol. The predicted molar refractivity (Wildman–Crippen MR) is 251 cm³/mol. The van der Waals surface area contributed by atoms with E-state index in [1.807, 2.05) is 0 Å². The Morgan fingerprint density at radius 1 is 0.356 bits per heavy atom. The van der Waals surface area contributed by atoms with Crippen LogP contribution in [0.3, 0.4) is 0 Å². The number of allylic oxidation sites excluding steroid dienone is 10. The van der Waals surface area contributed by atoms with Gasteiger partial charge in [-0.3, -0.25) is 14.4 Å². The SMILES string of the molecule is CC/C=C\C/C=C\C/C=C\C/C=C\C/C=C\CCCCCC(=O)OCC(COC(=O)CCCCCCCCCCC)OC(=O)CCCCCCCCCCCCCCC. The van der Waals surface area contributed by atoms with Crippen LogP contribution in [0.5, 0.6) is 0 Å². The highest BCUT2D eigenvalue weighted by atomic mass is 16.6. The Bertz CT molecular complexity index is 1090. The first-order valence-electron chi connectivity index (χ1n) is 24.8. The molecule has 0 aromatic rings. The Balaban J connectivity index is 4.37. The number of hydrogen-bond donors (Lipinski definition) is 0. The van der Waals surface area contributed by atoms with Crippen LogP contribution in [-0.2, 0) is 28.6 Å². The second-order valence-electron chi connectivity index (χ2n) is 16.4. The van der Waals surface area contributed by atoms with Gasteiger partial charge in [0.2, 0.25) is 0 Å². The molecule has 59 heavy (non-hydrogen) atoms. The van der Waals surface area contributed by atoms with E-state index in [4.69, 9.17) is 14.2 Å². The van der Waals surface area contributed by atoms with Crippen LogP contribution >= 0.6 is 0 Å². The van der Waals surface area contributed by atoms with Gasteiger partial charge in [-0.15, -0.1) is 0 Å². The molecule has 0 aliphatic rings. The number of rotatable bonds is 44. The molecule has 0 fully saturated rings. The van der Waals surface area contributed by atoms with Crippen molar-refractivity contribution in [3.8, 4) is 0 Å². The van der Waals surface area contributed by atoms with Crippen LogP contribution in [0.4, 0.5) is 0 Å². The Hall–Kier alpha value is -2.89. The molecule has 0 aliphatic heterocycles. The first-order valence-corrected chi connectivity index (χ1v) is 24.8. The van der Waals surface area contributed by atoms with E-state index < -0.39 is 6.10 Å². The van der Waals surface area contributed by atoms with Crippen molar-refractivity contribution in [2.45, 2.75) is 245 Å². The first kappa shape index (κ1) is 56.1. The summed E-state index contributed by atoms with van der Waals surface area (Å²) in [6.07, 6.45) is 57.8. The van der Waals surface area contributed by atoms with E-state index >= 15 is 0 Å². The Labute approximate surface area is 364 Å². The van der Waals surface area contributed by atoms with Gasteiger partial charge in [-0.2, -0.15) is 0 Å². The molecule has 0 radical (unpaired) electrons. The Morgan fingerprint density at radius 2 is 0.661 bits per heavy atom. The molecule has 0 amide bonds. The van der Waals surface area contributed by atoms with Gasteiger partial charge in [-0.1, -0.05) is 216 Å². The molecule has 0 aliphatic carbocycles. The van der Waals surface area contributed by atoms with E-state index in [1.165, 1.54) is 103 Å². The maximum atomic E-state index is 12.7. The third-order valence-electron chi connectivity index (χ3n) is 10.5. The van der Waals surface area contributed by atoms with Gasteiger partial charge in [0.05, 0.1) is 0 Å². The van der Waals surface area contributed by atoms with Crippen LogP contribution in [0.2, 0.25) is 0 Å². The number of esters is 3. The molecule has 1 unspecified atom stereocenters. The smallest absolute Gasteiger partial charge is 0.306 e. The maximum absolute atomic E-state index is 12.7. The van der Waals surface area contributed by atoms with Gasteiger partial charge in [-0.25, -0.2) is 0 Å². The first-order chi connectivity index (χ1) is 29.0. The number of hydrogen-bond acceptors (Lipinski definition) is 6. The van der Waals surface area contributed by atoms with Crippen molar-refractivity contribution in [1.29, 1.82) is 0 Å². The van der Waals surface area contributed by atoms with E-state index in [-0.39, 0.29) is 31.1 Å². The zero-order chi connectivity index (χ0) is 43.0. The van der Waals surface area contributed by atoms with Gasteiger partial charge in [-0.05, 0) is 64.2 Å². The van der Waals surface area contributed by atoms with Gasteiger partial charge >= 0.3 is 17.9 Å². The van der Waals surface area contributed by atoms with Crippen molar-refractivity contribution in [2.75, 3.05) is 13.2 Å². The van der Waals surface area contributed by atoms with Crippen molar-refractivity contribution in [3.63, 3.8) is 0 Å². The lowest BCUT2D eigenvalue weighted by atomic mass is 10.0. The van der Waals surface area contributed by atoms with E-state index in [0.29, 0.717) is 19.3 Å². The summed E-state index contributed by atoms with van der Waals surface area (Å²) in [6.45, 7) is 6.48. The standard InChI is InChI=1S/C53H92O6/c1-4-7-10-13-16-19-21-23-24-25-26-27-28-30-31-34-37-40-43-46-52(55)58-49-50(48-57-51(54)45-42-39-36-33-18-15-12-9-6-3)59-53(56)47-44-41-38-35-32-29-22-20-17-14-11-8-5-2/h7,10,16,19,23-24,26-27,30-31,50H,4-6,8-9,11-15,17-18,20-22,25,28-29,32-49H2,1-3H3/b10-7-,19-16-,24-23-,27-26-,31-30-. The van der Waals surface area contributed by atoms with Crippen molar-refractivity contribution in [1.82, 2.24) is 0 Å². The Morgan fingerprint density at radius 3 is 1.03 bits per heavy atom. The van der Waals surface area contributed by atoms with E-state index in [2.05, 4.69) is 81.5 Å². The summed E-state index contributed by atoms with van der Waals surface area (Å²) in [5.74, 6) is -0.915. The molecule has 0 saturated heterocycles. The molecule has 0 rings (SSSR count). The lowest BCUT2D eigenvalue weighted by molar-refractivity contribution is -0.167. The molecule has 6 nitrogen and oxygen atoms in total. The van der Waals surface area contributed by atoms with Crippen LogP contribution in [-0.4, -0.2) is 37.2 Å². The highest BCUT2D eigenvalue weighted by Gasteiger charge is 2.19. The fourth-order valence-electron chi connectivity index (χ4n) is 6.82. The molecular formula is C53H92O6. The zero-order valence-electron chi connectivity index (χ0n) is 38.8. The van der Waals surface area contributed by atoms with Crippen molar-refractivity contribution in [3.05, 3.63) is 60.8 Å². The second kappa shape index (κ2) is 47.8. The molecule has 340 valence electrons. The van der Waals surface area contributed by atoms with Crippen LogP contribution < -0.4 is 0 Å². The summed E-state index contributed by atoms with van der Waals surface area (Å²) in [5.41, 5.74) is 0. The molecule has 0 heterocycles. The maximum Gasteiger partial charge on any atom is 0.306 e.